The van der Waals surface area contributed by atoms with Gasteiger partial charge in [-0.25, -0.2) is 4.79 Å². The van der Waals surface area contributed by atoms with Gasteiger partial charge in [0.25, 0.3) is 0 Å². The van der Waals surface area contributed by atoms with Crippen molar-refractivity contribution in [1.29, 1.82) is 0 Å². The van der Waals surface area contributed by atoms with E-state index < -0.39 is 0 Å². The molecule has 0 aliphatic rings. The van der Waals surface area contributed by atoms with Crippen molar-refractivity contribution in [3.05, 3.63) is 16.7 Å². The number of hydrogen-bond donors (Lipinski definition) is 2. The van der Waals surface area contributed by atoms with E-state index in [9.17, 15) is 4.79 Å². The van der Waals surface area contributed by atoms with Crippen LogP contribution < -0.4 is 5.69 Å². The number of rotatable bonds is 2. The monoisotopic (exact) mass is 156 g/mol. The number of imidazole rings is 1. The zero-order chi connectivity index (χ0) is 8.43. The maximum absolute atomic E-state index is 10.9. The highest BCUT2D eigenvalue weighted by Crippen LogP contribution is 2.05. The molecule has 4 nitrogen and oxygen atoms in total. The molecule has 1 heterocycles. The topological polar surface area (TPSA) is 58.0 Å². The molecule has 0 aromatic carbocycles. The molecule has 0 saturated heterocycles. The summed E-state index contributed by atoms with van der Waals surface area (Å²) in [6.07, 6.45) is 1.30. The fourth-order valence-corrected chi connectivity index (χ4v) is 0.928. The van der Waals surface area contributed by atoms with Crippen molar-refractivity contribution in [2.75, 3.05) is 0 Å². The third-order valence-electron chi connectivity index (χ3n) is 1.39. The molecule has 11 heavy (non-hydrogen) atoms. The minimum atomic E-state index is -0.254. The standard InChI is InChI=1S/C7H12N2O2/c1-5(2)4-9-6(10)3-8-7(9)11/h3,5,10H,4H2,1-2H3,(H,8,11). The number of H-pyrrole nitrogens is 1. The predicted octanol–water partition coefficient (Wildman–Crippen LogP) is 0.538. The third-order valence-corrected chi connectivity index (χ3v) is 1.39. The average molecular weight is 156 g/mol. The van der Waals surface area contributed by atoms with Crippen LogP contribution in [0.4, 0.5) is 0 Å². The van der Waals surface area contributed by atoms with Crippen LogP contribution in [0.15, 0.2) is 11.0 Å². The number of aromatic nitrogens is 2. The van der Waals surface area contributed by atoms with Crippen LogP contribution in [0.5, 0.6) is 5.88 Å². The Hall–Kier alpha value is -1.19. The largest absolute Gasteiger partial charge is 0.493 e. The first kappa shape index (κ1) is 7.91. The minimum absolute atomic E-state index is 0.00343. The second kappa shape index (κ2) is 2.82. The van der Waals surface area contributed by atoms with Gasteiger partial charge in [-0.05, 0) is 5.92 Å². The van der Waals surface area contributed by atoms with Crippen molar-refractivity contribution in [3.63, 3.8) is 0 Å². The van der Waals surface area contributed by atoms with Crippen molar-refractivity contribution >= 4 is 0 Å². The Labute approximate surface area is 64.5 Å². The molecule has 0 saturated carbocycles. The number of aromatic hydroxyl groups is 1. The van der Waals surface area contributed by atoms with Crippen LogP contribution in [0.3, 0.4) is 0 Å². The van der Waals surface area contributed by atoms with Crippen LogP contribution in [0.25, 0.3) is 0 Å². The Balaban J connectivity index is 2.92. The van der Waals surface area contributed by atoms with E-state index in [1.165, 1.54) is 10.8 Å². The summed E-state index contributed by atoms with van der Waals surface area (Å²) < 4.78 is 1.31. The molecule has 0 amide bonds. The van der Waals surface area contributed by atoms with Gasteiger partial charge in [-0.2, -0.15) is 0 Å². The molecule has 0 spiro atoms. The average Bonchev–Trinajstić information content (AvgIpc) is 2.18. The molecule has 0 fully saturated rings. The second-order valence-corrected chi connectivity index (χ2v) is 2.96. The molecule has 0 bridgehead atoms. The molecule has 0 radical (unpaired) electrons. The molecule has 0 unspecified atom stereocenters. The maximum atomic E-state index is 10.9. The highest BCUT2D eigenvalue weighted by atomic mass is 16.3. The summed E-state index contributed by atoms with van der Waals surface area (Å²) in [5.74, 6) is 0.359. The molecule has 1 aromatic heterocycles. The van der Waals surface area contributed by atoms with Gasteiger partial charge in [-0.1, -0.05) is 13.8 Å². The molecule has 2 N–H and O–H groups in total. The lowest BCUT2D eigenvalue weighted by molar-refractivity contribution is 0.389. The van der Waals surface area contributed by atoms with Gasteiger partial charge in [0, 0.05) is 6.54 Å². The Bertz CT molecular complexity index is 285. The zero-order valence-corrected chi connectivity index (χ0v) is 6.66. The lowest BCUT2D eigenvalue weighted by Gasteiger charge is -2.04. The Kier molecular flexibility index (Phi) is 2.03. The smallest absolute Gasteiger partial charge is 0.328 e. The fourth-order valence-electron chi connectivity index (χ4n) is 0.928. The van der Waals surface area contributed by atoms with Crippen LogP contribution >= 0.6 is 0 Å². The van der Waals surface area contributed by atoms with E-state index in [-0.39, 0.29) is 11.6 Å². The Morgan fingerprint density at radius 1 is 1.73 bits per heavy atom. The maximum Gasteiger partial charge on any atom is 0.328 e. The van der Waals surface area contributed by atoms with E-state index in [1.807, 2.05) is 13.8 Å². The molecule has 4 heteroatoms. The second-order valence-electron chi connectivity index (χ2n) is 2.96. The van der Waals surface area contributed by atoms with E-state index >= 15 is 0 Å². The van der Waals surface area contributed by atoms with Gasteiger partial charge in [0.15, 0.2) is 0 Å². The summed E-state index contributed by atoms with van der Waals surface area (Å²) in [5, 5.41) is 9.11. The lowest BCUT2D eigenvalue weighted by Crippen LogP contribution is -2.19. The highest BCUT2D eigenvalue weighted by molar-refractivity contribution is 5.02. The normalized spacial score (nSPS) is 10.8. The lowest BCUT2D eigenvalue weighted by atomic mass is 10.2. The Morgan fingerprint density at radius 2 is 2.36 bits per heavy atom. The fraction of sp³-hybridized carbons (Fsp3) is 0.571. The molecule has 1 aromatic rings. The SMILES string of the molecule is CC(C)Cn1c(O)c[nH]c1=O. The summed E-state index contributed by atoms with van der Waals surface area (Å²) in [7, 11) is 0. The summed E-state index contributed by atoms with van der Waals surface area (Å²) >= 11 is 0. The first-order valence-corrected chi connectivity index (χ1v) is 3.58. The molecule has 1 rings (SSSR count). The highest BCUT2D eigenvalue weighted by Gasteiger charge is 2.04. The van der Waals surface area contributed by atoms with E-state index in [1.54, 1.807) is 0 Å². The van der Waals surface area contributed by atoms with Crippen molar-refractivity contribution < 1.29 is 5.11 Å². The van der Waals surface area contributed by atoms with Crippen LogP contribution in [-0.2, 0) is 6.54 Å². The van der Waals surface area contributed by atoms with E-state index in [2.05, 4.69) is 4.98 Å². The van der Waals surface area contributed by atoms with Gasteiger partial charge in [-0.15, -0.1) is 0 Å². The van der Waals surface area contributed by atoms with Crippen LogP contribution in [-0.4, -0.2) is 14.7 Å². The van der Waals surface area contributed by atoms with Crippen molar-refractivity contribution in [1.82, 2.24) is 9.55 Å². The van der Waals surface area contributed by atoms with Crippen molar-refractivity contribution in [2.24, 2.45) is 5.92 Å². The van der Waals surface area contributed by atoms with Crippen molar-refractivity contribution in [3.8, 4) is 5.88 Å². The van der Waals surface area contributed by atoms with Crippen LogP contribution in [0.2, 0.25) is 0 Å². The number of hydrogen-bond acceptors (Lipinski definition) is 2. The van der Waals surface area contributed by atoms with Gasteiger partial charge in [0.1, 0.15) is 0 Å². The molecule has 0 aliphatic heterocycles. The van der Waals surface area contributed by atoms with Gasteiger partial charge >= 0.3 is 5.69 Å². The number of aromatic amines is 1. The molecule has 0 aliphatic carbocycles. The van der Waals surface area contributed by atoms with E-state index in [0.29, 0.717) is 12.5 Å². The van der Waals surface area contributed by atoms with Crippen molar-refractivity contribution in [2.45, 2.75) is 20.4 Å². The van der Waals surface area contributed by atoms with Gasteiger partial charge < -0.3 is 10.1 Å². The Morgan fingerprint density at radius 3 is 2.73 bits per heavy atom. The van der Waals surface area contributed by atoms with E-state index in [4.69, 9.17) is 5.11 Å². The summed E-state index contributed by atoms with van der Waals surface area (Å²) in [6, 6.07) is 0. The van der Waals surface area contributed by atoms with Gasteiger partial charge in [0.05, 0.1) is 6.20 Å². The molecular formula is C7H12N2O2. The minimum Gasteiger partial charge on any atom is -0.493 e. The summed E-state index contributed by atoms with van der Waals surface area (Å²) in [5.41, 5.74) is -0.254. The summed E-state index contributed by atoms with van der Waals surface area (Å²) in [6.45, 7) is 4.52. The summed E-state index contributed by atoms with van der Waals surface area (Å²) in [4.78, 5) is 13.3. The first-order chi connectivity index (χ1) is 5.11. The molecular weight excluding hydrogens is 144 g/mol. The van der Waals surface area contributed by atoms with Crippen LogP contribution in [0, 0.1) is 5.92 Å². The third kappa shape index (κ3) is 1.63. The van der Waals surface area contributed by atoms with Gasteiger partial charge in [0.2, 0.25) is 5.88 Å². The van der Waals surface area contributed by atoms with Gasteiger partial charge in [-0.3, -0.25) is 4.57 Å². The predicted molar refractivity (Wildman–Crippen MR) is 41.6 cm³/mol. The quantitative estimate of drug-likeness (QED) is 0.656. The number of nitrogens with zero attached hydrogens (tertiary/aromatic N) is 1. The van der Waals surface area contributed by atoms with E-state index in [0.717, 1.165) is 0 Å². The molecule has 0 atom stereocenters. The zero-order valence-electron chi connectivity index (χ0n) is 6.66. The first-order valence-electron chi connectivity index (χ1n) is 3.58. The molecule has 62 valence electrons. The number of nitrogens with one attached hydrogen (secondary N) is 1. The van der Waals surface area contributed by atoms with Crippen LogP contribution in [0.1, 0.15) is 13.8 Å².